The molecule has 1 aliphatic rings. The molecule has 0 fully saturated rings. The van der Waals surface area contributed by atoms with Gasteiger partial charge in [0.2, 0.25) is 0 Å². The van der Waals surface area contributed by atoms with Crippen LogP contribution in [-0.2, 0) is 17.8 Å². The summed E-state index contributed by atoms with van der Waals surface area (Å²) in [5, 5.41) is 4.59. The van der Waals surface area contributed by atoms with Crippen LogP contribution >= 0.6 is 0 Å². The minimum Gasteiger partial charge on any atom is -0.493 e. The number of aromatic nitrogens is 1. The molecule has 1 aromatic heterocycles. The molecule has 5 rings (SSSR count). The molecule has 0 amide bonds. The zero-order valence-electron chi connectivity index (χ0n) is 22.4. The number of ether oxygens (including phenoxy) is 3. The van der Waals surface area contributed by atoms with Crippen molar-refractivity contribution < 1.29 is 19.0 Å². The molecule has 0 saturated carbocycles. The van der Waals surface area contributed by atoms with Gasteiger partial charge in [0.15, 0.2) is 11.5 Å². The number of benzene rings is 3. The van der Waals surface area contributed by atoms with Crippen LogP contribution in [0.2, 0.25) is 0 Å². The molecule has 1 atom stereocenters. The van der Waals surface area contributed by atoms with Gasteiger partial charge in [0, 0.05) is 18.1 Å². The second-order valence-electron chi connectivity index (χ2n) is 10.5. The average molecular weight is 511 g/mol. The van der Waals surface area contributed by atoms with Gasteiger partial charge in [0.1, 0.15) is 12.2 Å². The van der Waals surface area contributed by atoms with Gasteiger partial charge in [-0.05, 0) is 73.7 Å². The average Bonchev–Trinajstić information content (AvgIpc) is 3.33. The maximum atomic E-state index is 12.7. The standard InChI is InChI=1S/C32H34N2O4/c1-32(2,3)38-31(35)34-17-15-24-12-10-22(18-28(24)34)11-13-27-26-20-29(36-4)30(19-25(26)14-16-33-27)37-21-23-8-6-5-7-9-23/h5-13,15,17-20,27,33H,14,16,21H2,1-4H3/b13-11+. The molecule has 4 aromatic rings. The predicted molar refractivity (Wildman–Crippen MR) is 151 cm³/mol. The fourth-order valence-corrected chi connectivity index (χ4v) is 4.70. The summed E-state index contributed by atoms with van der Waals surface area (Å²) in [7, 11) is 1.67. The lowest BCUT2D eigenvalue weighted by atomic mass is 9.93. The summed E-state index contributed by atoms with van der Waals surface area (Å²) in [4.78, 5) is 12.7. The third-order valence-corrected chi connectivity index (χ3v) is 6.54. The molecule has 0 spiro atoms. The molecule has 38 heavy (non-hydrogen) atoms. The second kappa shape index (κ2) is 10.8. The summed E-state index contributed by atoms with van der Waals surface area (Å²) in [5.74, 6) is 1.48. The first-order valence-electron chi connectivity index (χ1n) is 12.9. The summed E-state index contributed by atoms with van der Waals surface area (Å²) in [6.45, 7) is 6.96. The van der Waals surface area contributed by atoms with E-state index >= 15 is 0 Å². The number of rotatable bonds is 6. The summed E-state index contributed by atoms with van der Waals surface area (Å²) >= 11 is 0. The van der Waals surface area contributed by atoms with E-state index in [1.165, 1.54) is 11.1 Å². The molecule has 0 radical (unpaired) electrons. The normalized spacial score (nSPS) is 15.4. The van der Waals surface area contributed by atoms with Crippen LogP contribution in [0.15, 0.2) is 79.0 Å². The number of nitrogens with one attached hydrogen (secondary N) is 1. The molecule has 1 aliphatic heterocycles. The van der Waals surface area contributed by atoms with Crippen molar-refractivity contribution in [3.8, 4) is 11.5 Å². The number of methoxy groups -OCH3 is 1. The Morgan fingerprint density at radius 1 is 1.05 bits per heavy atom. The Hall–Kier alpha value is -4.03. The zero-order valence-corrected chi connectivity index (χ0v) is 22.4. The highest BCUT2D eigenvalue weighted by atomic mass is 16.6. The van der Waals surface area contributed by atoms with E-state index in [9.17, 15) is 4.79 Å². The van der Waals surface area contributed by atoms with Gasteiger partial charge in [-0.1, -0.05) is 54.6 Å². The zero-order chi connectivity index (χ0) is 26.7. The maximum Gasteiger partial charge on any atom is 0.418 e. The van der Waals surface area contributed by atoms with E-state index in [1.807, 2.05) is 57.2 Å². The number of carbonyl (C=O) groups is 1. The Morgan fingerprint density at radius 2 is 1.87 bits per heavy atom. The van der Waals surface area contributed by atoms with Crippen molar-refractivity contribution in [2.24, 2.45) is 0 Å². The Morgan fingerprint density at radius 3 is 2.63 bits per heavy atom. The van der Waals surface area contributed by atoms with Crippen LogP contribution in [0.25, 0.3) is 17.0 Å². The second-order valence-corrected chi connectivity index (χ2v) is 10.5. The van der Waals surface area contributed by atoms with E-state index in [0.29, 0.717) is 6.61 Å². The fraction of sp³-hybridized carbons (Fsp3) is 0.281. The first-order chi connectivity index (χ1) is 18.3. The lowest BCUT2D eigenvalue weighted by Gasteiger charge is -2.26. The van der Waals surface area contributed by atoms with E-state index in [4.69, 9.17) is 14.2 Å². The van der Waals surface area contributed by atoms with Gasteiger partial charge < -0.3 is 19.5 Å². The smallest absolute Gasteiger partial charge is 0.418 e. The van der Waals surface area contributed by atoms with E-state index in [2.05, 4.69) is 47.8 Å². The minimum absolute atomic E-state index is 0.0316. The monoisotopic (exact) mass is 510 g/mol. The maximum absolute atomic E-state index is 12.7. The largest absolute Gasteiger partial charge is 0.493 e. The molecule has 1 unspecified atom stereocenters. The molecular weight excluding hydrogens is 476 g/mol. The number of carbonyl (C=O) groups excluding carboxylic acids is 1. The Balaban J connectivity index is 1.37. The Bertz CT molecular complexity index is 1460. The third kappa shape index (κ3) is 5.76. The van der Waals surface area contributed by atoms with Gasteiger partial charge in [0.25, 0.3) is 0 Å². The van der Waals surface area contributed by atoms with Gasteiger partial charge >= 0.3 is 6.09 Å². The lowest BCUT2D eigenvalue weighted by molar-refractivity contribution is 0.0544. The van der Waals surface area contributed by atoms with Crippen LogP contribution in [0.4, 0.5) is 4.79 Å². The quantitative estimate of drug-likeness (QED) is 0.305. The molecule has 0 aliphatic carbocycles. The van der Waals surface area contributed by atoms with Crippen LogP contribution in [0, 0.1) is 0 Å². The fourth-order valence-electron chi connectivity index (χ4n) is 4.70. The number of fused-ring (bicyclic) bond motifs is 2. The van der Waals surface area contributed by atoms with Gasteiger partial charge in [-0.2, -0.15) is 0 Å². The molecule has 196 valence electrons. The van der Waals surface area contributed by atoms with Crippen molar-refractivity contribution in [2.45, 2.75) is 45.4 Å². The number of hydrogen-bond donors (Lipinski definition) is 1. The highest BCUT2D eigenvalue weighted by Crippen LogP contribution is 2.36. The van der Waals surface area contributed by atoms with Crippen LogP contribution < -0.4 is 14.8 Å². The van der Waals surface area contributed by atoms with E-state index in [-0.39, 0.29) is 12.1 Å². The van der Waals surface area contributed by atoms with Crippen LogP contribution in [0.1, 0.15) is 49.1 Å². The van der Waals surface area contributed by atoms with Gasteiger partial charge in [0.05, 0.1) is 18.7 Å². The highest BCUT2D eigenvalue weighted by Gasteiger charge is 2.22. The molecule has 2 heterocycles. The Labute approximate surface area is 223 Å². The molecular formula is C32H34N2O4. The third-order valence-electron chi connectivity index (χ3n) is 6.54. The summed E-state index contributed by atoms with van der Waals surface area (Å²) in [6, 6.07) is 22.4. The van der Waals surface area contributed by atoms with Crippen molar-refractivity contribution in [3.63, 3.8) is 0 Å². The molecule has 1 N–H and O–H groups in total. The molecule has 6 nitrogen and oxygen atoms in total. The van der Waals surface area contributed by atoms with Crippen molar-refractivity contribution in [1.82, 2.24) is 9.88 Å². The summed E-state index contributed by atoms with van der Waals surface area (Å²) in [5.41, 5.74) is 4.80. The Kier molecular flexibility index (Phi) is 7.25. The SMILES string of the molecule is COc1cc2c(cc1OCc1ccccc1)CCNC2/C=C/c1ccc2ccn(C(=O)OC(C)(C)C)c2c1. The van der Waals surface area contributed by atoms with Crippen molar-refractivity contribution in [2.75, 3.05) is 13.7 Å². The summed E-state index contributed by atoms with van der Waals surface area (Å²) in [6.07, 6.45) is 6.54. The van der Waals surface area contributed by atoms with E-state index in [0.717, 1.165) is 46.5 Å². The first kappa shape index (κ1) is 25.6. The van der Waals surface area contributed by atoms with E-state index in [1.54, 1.807) is 17.9 Å². The number of nitrogens with zero attached hydrogens (tertiary/aromatic N) is 1. The van der Waals surface area contributed by atoms with Gasteiger partial charge in [-0.25, -0.2) is 4.79 Å². The van der Waals surface area contributed by atoms with Crippen molar-refractivity contribution in [3.05, 3.63) is 101 Å². The van der Waals surface area contributed by atoms with Crippen LogP contribution in [-0.4, -0.2) is 29.9 Å². The first-order valence-corrected chi connectivity index (χ1v) is 12.9. The van der Waals surface area contributed by atoms with Gasteiger partial charge in [-0.15, -0.1) is 0 Å². The summed E-state index contributed by atoms with van der Waals surface area (Å²) < 4.78 is 19.0. The van der Waals surface area contributed by atoms with Crippen molar-refractivity contribution >= 4 is 23.1 Å². The predicted octanol–water partition coefficient (Wildman–Crippen LogP) is 6.91. The lowest BCUT2D eigenvalue weighted by Crippen LogP contribution is -2.28. The number of hydrogen-bond acceptors (Lipinski definition) is 5. The van der Waals surface area contributed by atoms with Crippen LogP contribution in [0.5, 0.6) is 11.5 Å². The van der Waals surface area contributed by atoms with Crippen LogP contribution in [0.3, 0.4) is 0 Å². The van der Waals surface area contributed by atoms with E-state index < -0.39 is 5.60 Å². The molecule has 6 heteroatoms. The highest BCUT2D eigenvalue weighted by molar-refractivity contribution is 5.90. The van der Waals surface area contributed by atoms with Gasteiger partial charge in [-0.3, -0.25) is 4.57 Å². The molecule has 0 saturated heterocycles. The molecule has 0 bridgehead atoms. The topological polar surface area (TPSA) is 61.7 Å². The molecule has 3 aromatic carbocycles. The minimum atomic E-state index is -0.557. The van der Waals surface area contributed by atoms with Crippen molar-refractivity contribution in [1.29, 1.82) is 0 Å².